The maximum Gasteiger partial charge on any atom is 0.175 e. The topological polar surface area (TPSA) is 49.3 Å². The Morgan fingerprint density at radius 2 is 2.33 bits per heavy atom. The van der Waals surface area contributed by atoms with Crippen LogP contribution in [0.4, 0.5) is 5.69 Å². The molecular weight excluding hydrogens is 244 g/mol. The number of rotatable bonds is 4. The second-order valence-corrected chi connectivity index (χ2v) is 3.74. The molecule has 0 saturated heterocycles. The van der Waals surface area contributed by atoms with Gasteiger partial charge in [-0.1, -0.05) is 6.08 Å². The van der Waals surface area contributed by atoms with Crippen molar-refractivity contribution in [3.63, 3.8) is 0 Å². The SMILES string of the molecule is C/C=C(\C=C/C=NC)NC(=S)Nc1cccnc1. The Balaban J connectivity index is 2.53. The third-order valence-corrected chi connectivity index (χ3v) is 2.20. The van der Waals surface area contributed by atoms with E-state index < -0.39 is 0 Å². The van der Waals surface area contributed by atoms with Gasteiger partial charge in [-0.2, -0.15) is 0 Å². The van der Waals surface area contributed by atoms with Gasteiger partial charge < -0.3 is 10.6 Å². The third kappa shape index (κ3) is 5.36. The minimum atomic E-state index is 0.522. The molecule has 0 aliphatic carbocycles. The van der Waals surface area contributed by atoms with Crippen molar-refractivity contribution in [1.82, 2.24) is 10.3 Å². The largest absolute Gasteiger partial charge is 0.333 e. The van der Waals surface area contributed by atoms with Gasteiger partial charge in [0.05, 0.1) is 11.9 Å². The first-order valence-corrected chi connectivity index (χ1v) is 5.90. The molecule has 0 radical (unpaired) electrons. The van der Waals surface area contributed by atoms with Crippen molar-refractivity contribution in [3.05, 3.63) is 48.5 Å². The lowest BCUT2D eigenvalue weighted by Crippen LogP contribution is -2.27. The number of allylic oxidation sites excluding steroid dienone is 3. The summed E-state index contributed by atoms with van der Waals surface area (Å²) in [5.74, 6) is 0. The highest BCUT2D eigenvalue weighted by molar-refractivity contribution is 7.80. The summed E-state index contributed by atoms with van der Waals surface area (Å²) in [5.41, 5.74) is 1.75. The Morgan fingerprint density at radius 3 is 2.94 bits per heavy atom. The first-order chi connectivity index (χ1) is 8.76. The fourth-order valence-electron chi connectivity index (χ4n) is 1.17. The van der Waals surface area contributed by atoms with E-state index in [1.807, 2.05) is 37.3 Å². The summed E-state index contributed by atoms with van der Waals surface area (Å²) in [6.07, 6.45) is 10.8. The predicted octanol–water partition coefficient (Wildman–Crippen LogP) is 2.53. The van der Waals surface area contributed by atoms with Crippen LogP contribution >= 0.6 is 12.2 Å². The van der Waals surface area contributed by atoms with Crippen LogP contribution in [0.2, 0.25) is 0 Å². The van der Waals surface area contributed by atoms with E-state index >= 15 is 0 Å². The van der Waals surface area contributed by atoms with Crippen LogP contribution < -0.4 is 10.6 Å². The van der Waals surface area contributed by atoms with Gasteiger partial charge in [0.2, 0.25) is 0 Å². The van der Waals surface area contributed by atoms with Crippen molar-refractivity contribution >= 4 is 29.2 Å². The summed E-state index contributed by atoms with van der Waals surface area (Å²) < 4.78 is 0. The standard InChI is InChI=1S/C13H16N4S/c1-3-11(6-4-8-14-2)16-13(18)17-12-7-5-9-15-10-12/h3-10H,1-2H3,(H2,16,17,18)/b6-4-,11-3+,14-8?. The number of nitrogens with zero attached hydrogens (tertiary/aromatic N) is 2. The molecule has 0 aromatic carbocycles. The maximum atomic E-state index is 5.20. The molecule has 0 aliphatic heterocycles. The highest BCUT2D eigenvalue weighted by Gasteiger charge is 1.97. The zero-order chi connectivity index (χ0) is 13.2. The quantitative estimate of drug-likeness (QED) is 0.496. The fraction of sp³-hybridized carbons (Fsp3) is 0.154. The smallest absolute Gasteiger partial charge is 0.175 e. The second-order valence-electron chi connectivity index (χ2n) is 3.33. The number of hydrogen-bond acceptors (Lipinski definition) is 3. The first-order valence-electron chi connectivity index (χ1n) is 5.49. The molecule has 2 N–H and O–H groups in total. The van der Waals surface area contributed by atoms with E-state index in [4.69, 9.17) is 12.2 Å². The molecule has 0 spiro atoms. The van der Waals surface area contributed by atoms with Gasteiger partial charge in [-0.05, 0) is 43.4 Å². The van der Waals surface area contributed by atoms with E-state index in [1.54, 1.807) is 25.7 Å². The number of aromatic nitrogens is 1. The van der Waals surface area contributed by atoms with Crippen molar-refractivity contribution in [2.24, 2.45) is 4.99 Å². The van der Waals surface area contributed by atoms with Crippen LogP contribution in [-0.4, -0.2) is 23.4 Å². The van der Waals surface area contributed by atoms with Crippen LogP contribution in [0.25, 0.3) is 0 Å². The lowest BCUT2D eigenvalue weighted by molar-refractivity contribution is 1.18. The van der Waals surface area contributed by atoms with Gasteiger partial charge in [0.15, 0.2) is 5.11 Å². The molecule has 94 valence electrons. The van der Waals surface area contributed by atoms with Crippen molar-refractivity contribution in [2.45, 2.75) is 6.92 Å². The summed E-state index contributed by atoms with van der Waals surface area (Å²) in [5, 5.41) is 6.65. The van der Waals surface area contributed by atoms with E-state index in [0.717, 1.165) is 11.4 Å². The molecule has 4 nitrogen and oxygen atoms in total. The van der Waals surface area contributed by atoms with Crippen molar-refractivity contribution < 1.29 is 0 Å². The summed E-state index contributed by atoms with van der Waals surface area (Å²) in [4.78, 5) is 7.87. The minimum Gasteiger partial charge on any atom is -0.333 e. The van der Waals surface area contributed by atoms with E-state index in [1.165, 1.54) is 0 Å². The van der Waals surface area contributed by atoms with Gasteiger partial charge in [-0.25, -0.2) is 0 Å². The Labute approximate surface area is 113 Å². The van der Waals surface area contributed by atoms with Gasteiger partial charge in [-0.15, -0.1) is 0 Å². The van der Waals surface area contributed by atoms with E-state index in [0.29, 0.717) is 5.11 Å². The maximum absolute atomic E-state index is 5.20. The van der Waals surface area contributed by atoms with Crippen LogP contribution in [0.15, 0.2) is 53.4 Å². The Hall–Kier alpha value is -2.01. The minimum absolute atomic E-state index is 0.522. The van der Waals surface area contributed by atoms with Crippen LogP contribution in [0.5, 0.6) is 0 Å². The number of aliphatic imine (C=N–C) groups is 1. The lowest BCUT2D eigenvalue weighted by atomic mass is 10.3. The third-order valence-electron chi connectivity index (χ3n) is 2.00. The number of pyridine rings is 1. The number of thiocarbonyl (C=S) groups is 1. The molecule has 1 aromatic rings. The molecular formula is C13H16N4S. The van der Waals surface area contributed by atoms with E-state index in [2.05, 4.69) is 20.6 Å². The fourth-order valence-corrected chi connectivity index (χ4v) is 1.41. The molecule has 1 aromatic heterocycles. The second kappa shape index (κ2) is 8.14. The highest BCUT2D eigenvalue weighted by Crippen LogP contribution is 2.02. The number of hydrogen-bond donors (Lipinski definition) is 2. The Kier molecular flexibility index (Phi) is 6.35. The summed E-state index contributed by atoms with van der Waals surface area (Å²) in [6, 6.07) is 3.75. The highest BCUT2D eigenvalue weighted by atomic mass is 32.1. The molecule has 0 amide bonds. The molecule has 18 heavy (non-hydrogen) atoms. The van der Waals surface area contributed by atoms with Gasteiger partial charge in [0.25, 0.3) is 0 Å². The molecule has 0 bridgehead atoms. The van der Waals surface area contributed by atoms with E-state index in [9.17, 15) is 0 Å². The lowest BCUT2D eigenvalue weighted by Gasteiger charge is -2.10. The first kappa shape index (κ1) is 14.1. The molecule has 0 unspecified atom stereocenters. The zero-order valence-corrected chi connectivity index (χ0v) is 11.2. The molecule has 5 heteroatoms. The average Bonchev–Trinajstić information content (AvgIpc) is 2.39. The number of anilines is 1. The van der Waals surface area contributed by atoms with Gasteiger partial charge >= 0.3 is 0 Å². The van der Waals surface area contributed by atoms with Crippen LogP contribution in [0.3, 0.4) is 0 Å². The van der Waals surface area contributed by atoms with Gasteiger partial charge in [-0.3, -0.25) is 9.98 Å². The summed E-state index contributed by atoms with van der Waals surface area (Å²) in [7, 11) is 1.72. The van der Waals surface area contributed by atoms with Gasteiger partial charge in [0, 0.05) is 25.2 Å². The molecule has 0 atom stereocenters. The summed E-state index contributed by atoms with van der Waals surface area (Å²) in [6.45, 7) is 1.93. The summed E-state index contributed by atoms with van der Waals surface area (Å²) >= 11 is 5.20. The molecule has 1 rings (SSSR count). The molecule has 1 heterocycles. The normalized spacial score (nSPS) is 12.0. The predicted molar refractivity (Wildman–Crippen MR) is 80.9 cm³/mol. The van der Waals surface area contributed by atoms with E-state index in [-0.39, 0.29) is 0 Å². The molecule has 0 saturated carbocycles. The van der Waals surface area contributed by atoms with Crippen molar-refractivity contribution in [2.75, 3.05) is 12.4 Å². The Bertz CT molecular complexity index is 463. The molecule has 0 aliphatic rings. The Morgan fingerprint density at radius 1 is 1.50 bits per heavy atom. The van der Waals surface area contributed by atoms with Crippen molar-refractivity contribution in [3.8, 4) is 0 Å². The van der Waals surface area contributed by atoms with Crippen LogP contribution in [0.1, 0.15) is 6.92 Å². The number of nitrogens with one attached hydrogen (secondary N) is 2. The van der Waals surface area contributed by atoms with Gasteiger partial charge in [0.1, 0.15) is 0 Å². The van der Waals surface area contributed by atoms with Crippen molar-refractivity contribution in [1.29, 1.82) is 0 Å². The van der Waals surface area contributed by atoms with Crippen LogP contribution in [-0.2, 0) is 0 Å². The van der Waals surface area contributed by atoms with Crippen LogP contribution in [0, 0.1) is 0 Å². The monoisotopic (exact) mass is 260 g/mol. The molecule has 0 fully saturated rings. The average molecular weight is 260 g/mol. The zero-order valence-electron chi connectivity index (χ0n) is 10.4.